The van der Waals surface area contributed by atoms with Crippen molar-refractivity contribution in [3.8, 4) is 0 Å². The zero-order valence-electron chi connectivity index (χ0n) is 20.6. The lowest BCUT2D eigenvalue weighted by molar-refractivity contribution is -0.114. The summed E-state index contributed by atoms with van der Waals surface area (Å²) in [6, 6.07) is 18.3. The third-order valence-corrected chi connectivity index (χ3v) is 5.75. The number of rotatable bonds is 10. The van der Waals surface area contributed by atoms with Crippen LogP contribution in [-0.2, 0) is 16.1 Å². The third-order valence-electron chi connectivity index (χ3n) is 5.75. The normalized spacial score (nSPS) is 16.1. The summed E-state index contributed by atoms with van der Waals surface area (Å²) in [7, 11) is 5.56. The van der Waals surface area contributed by atoms with Crippen LogP contribution in [0.5, 0.6) is 0 Å². The van der Waals surface area contributed by atoms with E-state index in [4.69, 9.17) is 4.74 Å². The molecule has 1 unspecified atom stereocenters. The monoisotopic (exact) mass is 461 g/mol. The quantitative estimate of drug-likeness (QED) is 0.546. The number of hydrogen-bond donors (Lipinski definition) is 1. The van der Waals surface area contributed by atoms with E-state index >= 15 is 0 Å². The highest BCUT2D eigenvalue weighted by Gasteiger charge is 2.27. The molecule has 0 radical (unpaired) electrons. The molecule has 2 aromatic rings. The van der Waals surface area contributed by atoms with Gasteiger partial charge < -0.3 is 19.9 Å². The highest BCUT2D eigenvalue weighted by molar-refractivity contribution is 6.19. The maximum absolute atomic E-state index is 13.5. The maximum atomic E-state index is 13.5. The van der Waals surface area contributed by atoms with Crippen LogP contribution in [0.4, 0.5) is 5.69 Å². The van der Waals surface area contributed by atoms with E-state index < -0.39 is 0 Å². The minimum absolute atomic E-state index is 0.00413. The smallest absolute Gasteiger partial charge is 0.263 e. The van der Waals surface area contributed by atoms with Crippen LogP contribution in [0.2, 0.25) is 0 Å². The van der Waals surface area contributed by atoms with Crippen LogP contribution < -0.4 is 10.2 Å². The molecule has 7 heteroatoms. The molecule has 0 bridgehead atoms. The first kappa shape index (κ1) is 25.3. The van der Waals surface area contributed by atoms with Crippen molar-refractivity contribution in [3.05, 3.63) is 77.1 Å². The molecule has 7 nitrogen and oxygen atoms in total. The lowest BCUT2D eigenvalue weighted by Gasteiger charge is -2.23. The Labute approximate surface area is 202 Å². The standard InChI is InChI=1S/C27H35N5O2/c1-5-30-26-24(19-29-3)27(33)32(17-16-31(26)4)23-13-9-10-21(18-23)20-34-25(14-15-28-2)22-11-7-6-8-12-22/h5-13,18-19,25,28H,14-17,20H2,1-4H3/b29-19-,30-5+. The molecule has 1 atom stereocenters. The average Bonchev–Trinajstić information content (AvgIpc) is 2.97. The molecule has 1 aliphatic rings. The first-order valence-electron chi connectivity index (χ1n) is 11.7. The fraction of sp³-hybridized carbons (Fsp3) is 0.370. The van der Waals surface area contributed by atoms with E-state index in [0.29, 0.717) is 31.1 Å². The summed E-state index contributed by atoms with van der Waals surface area (Å²) in [6.45, 7) is 4.39. The Kier molecular flexibility index (Phi) is 9.55. The molecule has 0 saturated carbocycles. The molecule has 0 spiro atoms. The van der Waals surface area contributed by atoms with Crippen molar-refractivity contribution in [2.45, 2.75) is 26.1 Å². The fourth-order valence-electron chi connectivity index (χ4n) is 3.98. The Morgan fingerprint density at radius 1 is 1.15 bits per heavy atom. The Balaban J connectivity index is 1.82. The average molecular weight is 462 g/mol. The number of benzene rings is 2. The summed E-state index contributed by atoms with van der Waals surface area (Å²) >= 11 is 0. The second-order valence-electron chi connectivity index (χ2n) is 8.16. The molecule has 0 aromatic heterocycles. The van der Waals surface area contributed by atoms with Gasteiger partial charge in [0.25, 0.3) is 5.91 Å². The third kappa shape index (κ3) is 6.40. The topological polar surface area (TPSA) is 69.5 Å². The van der Waals surface area contributed by atoms with Crippen LogP contribution in [0.25, 0.3) is 0 Å². The van der Waals surface area contributed by atoms with Crippen LogP contribution in [0.1, 0.15) is 30.6 Å². The molecule has 180 valence electrons. The number of nitrogens with one attached hydrogen (secondary N) is 1. The van der Waals surface area contributed by atoms with E-state index in [-0.39, 0.29) is 12.0 Å². The number of anilines is 1. The molecule has 1 amide bonds. The predicted molar refractivity (Wildman–Crippen MR) is 140 cm³/mol. The largest absolute Gasteiger partial charge is 0.369 e. The van der Waals surface area contributed by atoms with Crippen molar-refractivity contribution in [1.29, 1.82) is 0 Å². The van der Waals surface area contributed by atoms with Crippen molar-refractivity contribution in [2.75, 3.05) is 45.7 Å². The molecule has 1 heterocycles. The van der Waals surface area contributed by atoms with Gasteiger partial charge in [-0.25, -0.2) is 4.99 Å². The molecular formula is C27H35N5O2. The van der Waals surface area contributed by atoms with Crippen molar-refractivity contribution in [3.63, 3.8) is 0 Å². The number of carbonyl (C=O) groups excluding carboxylic acids is 1. The Morgan fingerprint density at radius 2 is 1.94 bits per heavy atom. The van der Waals surface area contributed by atoms with Crippen LogP contribution in [-0.4, -0.2) is 64.0 Å². The van der Waals surface area contributed by atoms with Crippen molar-refractivity contribution >= 4 is 24.0 Å². The van der Waals surface area contributed by atoms with Gasteiger partial charge in [0.2, 0.25) is 0 Å². The minimum Gasteiger partial charge on any atom is -0.369 e. The van der Waals surface area contributed by atoms with Gasteiger partial charge in [0.15, 0.2) is 0 Å². The van der Waals surface area contributed by atoms with Crippen LogP contribution in [0, 0.1) is 0 Å². The molecule has 0 aliphatic carbocycles. The van der Waals surface area contributed by atoms with Gasteiger partial charge in [0, 0.05) is 45.3 Å². The van der Waals surface area contributed by atoms with E-state index in [9.17, 15) is 4.79 Å². The Morgan fingerprint density at radius 3 is 2.65 bits per heavy atom. The van der Waals surface area contributed by atoms with Gasteiger partial charge in [0.05, 0.1) is 12.7 Å². The van der Waals surface area contributed by atoms with E-state index in [0.717, 1.165) is 29.8 Å². The van der Waals surface area contributed by atoms with Crippen molar-refractivity contribution in [1.82, 2.24) is 10.2 Å². The summed E-state index contributed by atoms with van der Waals surface area (Å²) in [5.74, 6) is 0.528. The summed E-state index contributed by atoms with van der Waals surface area (Å²) in [5, 5.41) is 3.21. The van der Waals surface area contributed by atoms with E-state index in [1.54, 1.807) is 24.4 Å². The summed E-state index contributed by atoms with van der Waals surface area (Å²) in [6.07, 6.45) is 4.17. The lowest BCUT2D eigenvalue weighted by atomic mass is 10.1. The van der Waals surface area contributed by atoms with Gasteiger partial charge in [-0.15, -0.1) is 0 Å². The molecule has 3 rings (SSSR count). The first-order chi connectivity index (χ1) is 16.6. The molecule has 1 N–H and O–H groups in total. The highest BCUT2D eigenvalue weighted by Crippen LogP contribution is 2.26. The zero-order valence-corrected chi connectivity index (χ0v) is 20.6. The molecule has 0 saturated heterocycles. The molecule has 1 aliphatic heterocycles. The zero-order chi connectivity index (χ0) is 24.3. The molecule has 2 aromatic carbocycles. The second kappa shape index (κ2) is 12.8. The van der Waals surface area contributed by atoms with E-state index in [2.05, 4.69) is 27.4 Å². The number of hydrogen-bond acceptors (Lipinski definition) is 6. The molecule has 0 fully saturated rings. The van der Waals surface area contributed by atoms with Crippen LogP contribution in [0.3, 0.4) is 0 Å². The maximum Gasteiger partial charge on any atom is 0.263 e. The van der Waals surface area contributed by atoms with E-state index in [1.165, 1.54) is 0 Å². The number of carbonyl (C=O) groups is 1. The first-order valence-corrected chi connectivity index (χ1v) is 11.7. The molecular weight excluding hydrogens is 426 g/mol. The van der Waals surface area contributed by atoms with Gasteiger partial charge in [-0.3, -0.25) is 9.79 Å². The number of likely N-dealkylation sites (N-methyl/N-ethyl adjacent to an activating group) is 1. The van der Waals surface area contributed by atoms with E-state index in [1.807, 2.05) is 68.4 Å². The summed E-state index contributed by atoms with van der Waals surface area (Å²) in [4.78, 5) is 25.8. The number of nitrogens with zero attached hydrogens (tertiary/aromatic N) is 4. The summed E-state index contributed by atoms with van der Waals surface area (Å²) < 4.78 is 6.33. The lowest BCUT2D eigenvalue weighted by Crippen LogP contribution is -2.34. The van der Waals surface area contributed by atoms with Gasteiger partial charge in [-0.05, 0) is 50.2 Å². The van der Waals surface area contributed by atoms with Gasteiger partial charge in [-0.1, -0.05) is 42.5 Å². The summed E-state index contributed by atoms with van der Waals surface area (Å²) in [5.41, 5.74) is 3.51. The number of aliphatic imine (C=N–C) groups is 2. The SMILES string of the molecule is C/C=N/C1=C(/C=N\C)C(=O)N(c2cccc(COC(CCNC)c3ccccc3)c2)CCN1C. The predicted octanol–water partition coefficient (Wildman–Crippen LogP) is 3.84. The van der Waals surface area contributed by atoms with Gasteiger partial charge in [-0.2, -0.15) is 0 Å². The fourth-order valence-corrected chi connectivity index (χ4v) is 3.98. The number of amides is 1. The van der Waals surface area contributed by atoms with Crippen molar-refractivity contribution in [2.24, 2.45) is 9.98 Å². The highest BCUT2D eigenvalue weighted by atomic mass is 16.5. The van der Waals surface area contributed by atoms with Gasteiger partial charge >= 0.3 is 0 Å². The van der Waals surface area contributed by atoms with Crippen molar-refractivity contribution < 1.29 is 9.53 Å². The van der Waals surface area contributed by atoms with Gasteiger partial charge in [0.1, 0.15) is 11.4 Å². The number of ether oxygens (including phenoxy) is 1. The minimum atomic E-state index is -0.107. The molecule has 34 heavy (non-hydrogen) atoms. The Hall–Kier alpha value is -3.29. The second-order valence-corrected chi connectivity index (χ2v) is 8.16. The Bertz CT molecular complexity index is 1030. The van der Waals surface area contributed by atoms with Crippen LogP contribution in [0.15, 0.2) is 76.0 Å². The van der Waals surface area contributed by atoms with Crippen LogP contribution >= 0.6 is 0 Å².